The van der Waals surface area contributed by atoms with Crippen molar-refractivity contribution in [3.8, 4) is 11.3 Å². The highest BCUT2D eigenvalue weighted by atomic mass is 79.9. The van der Waals surface area contributed by atoms with E-state index in [0.29, 0.717) is 5.02 Å². The molecule has 0 bridgehead atoms. The SMILES string of the molecule is CC(C)n1c(C(=O)O)ccc1-c1ccc(Br)c(Cl)c1. The Balaban J connectivity index is 2.62. The smallest absolute Gasteiger partial charge is 0.352 e. The van der Waals surface area contributed by atoms with Crippen molar-refractivity contribution in [2.75, 3.05) is 0 Å². The molecule has 0 saturated heterocycles. The van der Waals surface area contributed by atoms with Gasteiger partial charge in [0.1, 0.15) is 5.69 Å². The van der Waals surface area contributed by atoms with Crippen molar-refractivity contribution in [2.45, 2.75) is 19.9 Å². The van der Waals surface area contributed by atoms with E-state index >= 15 is 0 Å². The number of carboxylic acid groups (broad SMARTS) is 1. The van der Waals surface area contributed by atoms with E-state index in [1.165, 1.54) is 0 Å². The number of aromatic nitrogens is 1. The number of halogens is 2. The van der Waals surface area contributed by atoms with Crippen LogP contribution in [0.4, 0.5) is 0 Å². The maximum Gasteiger partial charge on any atom is 0.352 e. The lowest BCUT2D eigenvalue weighted by Gasteiger charge is -2.16. The van der Waals surface area contributed by atoms with Crippen LogP contribution in [0.3, 0.4) is 0 Å². The molecule has 19 heavy (non-hydrogen) atoms. The van der Waals surface area contributed by atoms with Crippen LogP contribution in [0.25, 0.3) is 11.3 Å². The van der Waals surface area contributed by atoms with Crippen molar-refractivity contribution < 1.29 is 9.90 Å². The van der Waals surface area contributed by atoms with Crippen LogP contribution in [0.1, 0.15) is 30.4 Å². The third-order valence-electron chi connectivity index (χ3n) is 2.87. The van der Waals surface area contributed by atoms with E-state index in [0.717, 1.165) is 15.7 Å². The molecule has 1 heterocycles. The maximum atomic E-state index is 11.2. The second-order valence-electron chi connectivity index (χ2n) is 4.50. The molecular formula is C14H13BrClNO2. The average molecular weight is 343 g/mol. The molecule has 0 spiro atoms. The zero-order chi connectivity index (χ0) is 14.2. The fourth-order valence-corrected chi connectivity index (χ4v) is 2.50. The van der Waals surface area contributed by atoms with E-state index in [1.54, 1.807) is 10.6 Å². The molecule has 2 rings (SSSR count). The second-order valence-corrected chi connectivity index (χ2v) is 5.76. The number of aromatic carboxylic acids is 1. The Labute approximate surface area is 124 Å². The Morgan fingerprint density at radius 3 is 2.53 bits per heavy atom. The van der Waals surface area contributed by atoms with Crippen LogP contribution >= 0.6 is 27.5 Å². The Bertz CT molecular complexity index is 634. The van der Waals surface area contributed by atoms with Gasteiger partial charge < -0.3 is 9.67 Å². The van der Waals surface area contributed by atoms with E-state index < -0.39 is 5.97 Å². The molecule has 0 radical (unpaired) electrons. The number of nitrogens with zero attached hydrogens (tertiary/aromatic N) is 1. The van der Waals surface area contributed by atoms with Crippen LogP contribution in [0.15, 0.2) is 34.8 Å². The standard InChI is InChI=1S/C14H13BrClNO2/c1-8(2)17-12(5-6-13(17)14(18)19)9-3-4-10(15)11(16)7-9/h3-8H,1-2H3,(H,18,19). The summed E-state index contributed by atoms with van der Waals surface area (Å²) in [6.07, 6.45) is 0. The van der Waals surface area contributed by atoms with Crippen LogP contribution in [0.5, 0.6) is 0 Å². The molecule has 100 valence electrons. The summed E-state index contributed by atoms with van der Waals surface area (Å²) in [5.74, 6) is -0.928. The lowest BCUT2D eigenvalue weighted by molar-refractivity contribution is 0.0683. The number of hydrogen-bond acceptors (Lipinski definition) is 1. The molecule has 2 aromatic rings. The average Bonchev–Trinajstić information content (AvgIpc) is 2.77. The molecule has 1 N–H and O–H groups in total. The van der Waals surface area contributed by atoms with E-state index in [1.807, 2.05) is 38.1 Å². The quantitative estimate of drug-likeness (QED) is 0.866. The zero-order valence-corrected chi connectivity index (χ0v) is 12.9. The largest absolute Gasteiger partial charge is 0.477 e. The Kier molecular flexibility index (Phi) is 4.02. The number of carbonyl (C=O) groups is 1. The first kappa shape index (κ1) is 14.2. The van der Waals surface area contributed by atoms with Gasteiger partial charge in [0.15, 0.2) is 0 Å². The highest BCUT2D eigenvalue weighted by molar-refractivity contribution is 9.10. The number of hydrogen-bond donors (Lipinski definition) is 1. The second kappa shape index (κ2) is 5.39. The summed E-state index contributed by atoms with van der Waals surface area (Å²) in [5, 5.41) is 9.82. The Morgan fingerprint density at radius 1 is 1.32 bits per heavy atom. The highest BCUT2D eigenvalue weighted by Crippen LogP contribution is 2.31. The molecule has 0 aliphatic rings. The number of benzene rings is 1. The molecule has 1 aromatic heterocycles. The van der Waals surface area contributed by atoms with Gasteiger partial charge in [-0.3, -0.25) is 0 Å². The van der Waals surface area contributed by atoms with Gasteiger partial charge in [-0.05, 0) is 59.6 Å². The van der Waals surface area contributed by atoms with Crippen molar-refractivity contribution >= 4 is 33.5 Å². The summed E-state index contributed by atoms with van der Waals surface area (Å²) in [4.78, 5) is 11.2. The summed E-state index contributed by atoms with van der Waals surface area (Å²) >= 11 is 9.44. The van der Waals surface area contributed by atoms with Crippen LogP contribution < -0.4 is 0 Å². The van der Waals surface area contributed by atoms with E-state index in [2.05, 4.69) is 15.9 Å². The summed E-state index contributed by atoms with van der Waals surface area (Å²) in [7, 11) is 0. The summed E-state index contributed by atoms with van der Waals surface area (Å²) in [6.45, 7) is 3.91. The molecule has 0 atom stereocenters. The van der Waals surface area contributed by atoms with Gasteiger partial charge in [0.05, 0.1) is 5.02 Å². The lowest BCUT2D eigenvalue weighted by atomic mass is 10.1. The fourth-order valence-electron chi connectivity index (χ4n) is 2.07. The Morgan fingerprint density at radius 2 is 2.00 bits per heavy atom. The van der Waals surface area contributed by atoms with Gasteiger partial charge in [-0.25, -0.2) is 4.79 Å². The molecular weight excluding hydrogens is 330 g/mol. The normalized spacial score (nSPS) is 11.0. The minimum Gasteiger partial charge on any atom is -0.477 e. The van der Waals surface area contributed by atoms with E-state index in [9.17, 15) is 9.90 Å². The van der Waals surface area contributed by atoms with Gasteiger partial charge in [-0.1, -0.05) is 17.7 Å². The maximum absolute atomic E-state index is 11.2. The van der Waals surface area contributed by atoms with Crippen LogP contribution in [-0.2, 0) is 0 Å². The molecule has 0 aliphatic heterocycles. The molecule has 5 heteroatoms. The summed E-state index contributed by atoms with van der Waals surface area (Å²) in [6, 6.07) is 9.08. The first-order chi connectivity index (χ1) is 8.91. The molecule has 3 nitrogen and oxygen atoms in total. The topological polar surface area (TPSA) is 42.2 Å². The Hall–Kier alpha value is -1.26. The molecule has 0 unspecified atom stereocenters. The van der Waals surface area contributed by atoms with Crippen molar-refractivity contribution in [2.24, 2.45) is 0 Å². The molecule has 0 amide bonds. The van der Waals surface area contributed by atoms with Crippen LogP contribution in [-0.4, -0.2) is 15.6 Å². The first-order valence-electron chi connectivity index (χ1n) is 5.81. The van der Waals surface area contributed by atoms with E-state index in [4.69, 9.17) is 11.6 Å². The molecule has 1 aromatic carbocycles. The monoisotopic (exact) mass is 341 g/mol. The van der Waals surface area contributed by atoms with Crippen molar-refractivity contribution in [1.29, 1.82) is 0 Å². The minimum atomic E-state index is -0.928. The van der Waals surface area contributed by atoms with Crippen molar-refractivity contribution in [3.05, 3.63) is 45.5 Å². The molecule has 0 fully saturated rings. The third-order valence-corrected chi connectivity index (χ3v) is 4.10. The van der Waals surface area contributed by atoms with Crippen molar-refractivity contribution in [1.82, 2.24) is 4.57 Å². The summed E-state index contributed by atoms with van der Waals surface area (Å²) in [5.41, 5.74) is 2.03. The first-order valence-corrected chi connectivity index (χ1v) is 6.99. The molecule has 0 aliphatic carbocycles. The van der Waals surface area contributed by atoms with Gasteiger partial charge in [0.25, 0.3) is 0 Å². The van der Waals surface area contributed by atoms with Crippen LogP contribution in [0.2, 0.25) is 5.02 Å². The molecule has 0 saturated carbocycles. The van der Waals surface area contributed by atoms with Gasteiger partial charge in [0.2, 0.25) is 0 Å². The van der Waals surface area contributed by atoms with Gasteiger partial charge in [-0.15, -0.1) is 0 Å². The third kappa shape index (κ3) is 2.69. The lowest BCUT2D eigenvalue weighted by Crippen LogP contribution is -2.11. The van der Waals surface area contributed by atoms with E-state index in [-0.39, 0.29) is 11.7 Å². The van der Waals surface area contributed by atoms with Gasteiger partial charge in [0, 0.05) is 16.2 Å². The van der Waals surface area contributed by atoms with Gasteiger partial charge >= 0.3 is 5.97 Å². The number of carboxylic acids is 1. The predicted molar refractivity (Wildman–Crippen MR) is 79.9 cm³/mol. The zero-order valence-electron chi connectivity index (χ0n) is 10.5. The van der Waals surface area contributed by atoms with Crippen molar-refractivity contribution in [3.63, 3.8) is 0 Å². The van der Waals surface area contributed by atoms with Crippen LogP contribution in [0, 0.1) is 0 Å². The fraction of sp³-hybridized carbons (Fsp3) is 0.214. The minimum absolute atomic E-state index is 0.0542. The summed E-state index contributed by atoms with van der Waals surface area (Å²) < 4.78 is 2.61. The highest BCUT2D eigenvalue weighted by Gasteiger charge is 2.17. The van der Waals surface area contributed by atoms with Gasteiger partial charge in [-0.2, -0.15) is 0 Å². The number of rotatable bonds is 3. The predicted octanol–water partition coefficient (Wildman–Crippen LogP) is 4.85.